The van der Waals surface area contributed by atoms with Crippen LogP contribution < -0.4 is 10.9 Å². The summed E-state index contributed by atoms with van der Waals surface area (Å²) in [5.74, 6) is -0.232. The van der Waals surface area contributed by atoms with Gasteiger partial charge in [-0.15, -0.1) is 11.3 Å². The number of carbonyl (C=O) groups excluding carboxylic acids is 1. The monoisotopic (exact) mass is 509 g/mol. The van der Waals surface area contributed by atoms with Crippen molar-refractivity contribution in [1.82, 2.24) is 9.55 Å². The molecule has 2 aromatic heterocycles. The molecule has 2 heterocycles. The van der Waals surface area contributed by atoms with Crippen molar-refractivity contribution in [3.8, 4) is 11.1 Å². The van der Waals surface area contributed by atoms with Gasteiger partial charge in [0.2, 0.25) is 5.91 Å². The largest absolute Gasteiger partial charge is 0.324 e. The number of aryl methyl sites for hydroxylation is 2. The summed E-state index contributed by atoms with van der Waals surface area (Å²) < 4.78 is 2.40. The zero-order chi connectivity index (χ0) is 22.8. The molecule has 32 heavy (non-hydrogen) atoms. The quantitative estimate of drug-likeness (QED) is 0.335. The average molecular weight is 510 g/mol. The standard InChI is InChI=1S/C25H24BrN3O2S/c1-4-16-7-6-8-17(5-2)22(16)28-23(30)15(3)29-14-27-24-21(25(29)31)20(13-32-24)18-9-11-19(26)12-10-18/h6-15H,4-5H2,1-3H3,(H,28,30). The fraction of sp³-hybridized carbons (Fsp3) is 0.240. The Bertz CT molecular complexity index is 1320. The van der Waals surface area contributed by atoms with E-state index in [9.17, 15) is 9.59 Å². The molecule has 0 fully saturated rings. The number of amides is 1. The zero-order valence-corrected chi connectivity index (χ0v) is 20.6. The number of anilines is 1. The van der Waals surface area contributed by atoms with Gasteiger partial charge in [0, 0.05) is 21.1 Å². The predicted octanol–water partition coefficient (Wildman–Crippen LogP) is 6.21. The van der Waals surface area contributed by atoms with Gasteiger partial charge in [-0.3, -0.25) is 14.2 Å². The Morgan fingerprint density at radius 2 is 1.78 bits per heavy atom. The molecule has 0 aliphatic carbocycles. The number of para-hydroxylation sites is 1. The van der Waals surface area contributed by atoms with E-state index >= 15 is 0 Å². The maximum atomic E-state index is 13.4. The van der Waals surface area contributed by atoms with E-state index in [4.69, 9.17) is 0 Å². The van der Waals surface area contributed by atoms with E-state index in [1.54, 1.807) is 6.92 Å². The van der Waals surface area contributed by atoms with Gasteiger partial charge in [-0.2, -0.15) is 0 Å². The molecule has 0 aliphatic rings. The van der Waals surface area contributed by atoms with Crippen molar-refractivity contribution in [2.45, 2.75) is 39.7 Å². The van der Waals surface area contributed by atoms with Crippen LogP contribution in [0, 0.1) is 0 Å². The minimum absolute atomic E-state index is 0.212. The van der Waals surface area contributed by atoms with Crippen molar-refractivity contribution in [2.75, 3.05) is 5.32 Å². The summed E-state index contributed by atoms with van der Waals surface area (Å²) in [6, 6.07) is 13.2. The molecule has 1 N–H and O–H groups in total. The van der Waals surface area contributed by atoms with Crippen LogP contribution in [-0.2, 0) is 17.6 Å². The third-order valence-corrected chi connectivity index (χ3v) is 7.13. The molecule has 1 amide bonds. The Labute approximate surface area is 199 Å². The second-order valence-electron chi connectivity index (χ2n) is 7.62. The van der Waals surface area contributed by atoms with Crippen LogP contribution in [0.5, 0.6) is 0 Å². The van der Waals surface area contributed by atoms with Gasteiger partial charge in [-0.1, -0.05) is 60.1 Å². The molecular weight excluding hydrogens is 486 g/mol. The van der Waals surface area contributed by atoms with Gasteiger partial charge in [-0.25, -0.2) is 4.98 Å². The first-order chi connectivity index (χ1) is 15.4. The van der Waals surface area contributed by atoms with Crippen LogP contribution in [0.2, 0.25) is 0 Å². The molecular formula is C25H24BrN3O2S. The number of carbonyl (C=O) groups is 1. The van der Waals surface area contributed by atoms with Crippen molar-refractivity contribution < 1.29 is 4.79 Å². The normalized spacial score (nSPS) is 12.1. The number of nitrogens with one attached hydrogen (secondary N) is 1. The van der Waals surface area contributed by atoms with Crippen molar-refractivity contribution in [2.24, 2.45) is 0 Å². The Morgan fingerprint density at radius 3 is 2.41 bits per heavy atom. The summed E-state index contributed by atoms with van der Waals surface area (Å²) in [5, 5.41) is 5.56. The van der Waals surface area contributed by atoms with Gasteiger partial charge < -0.3 is 5.32 Å². The second kappa shape index (κ2) is 9.38. The topological polar surface area (TPSA) is 64.0 Å². The third-order valence-electron chi connectivity index (χ3n) is 5.72. The van der Waals surface area contributed by atoms with Crippen LogP contribution in [0.3, 0.4) is 0 Å². The van der Waals surface area contributed by atoms with Crippen LogP contribution in [0.1, 0.15) is 37.9 Å². The van der Waals surface area contributed by atoms with E-state index in [-0.39, 0.29) is 11.5 Å². The highest BCUT2D eigenvalue weighted by Crippen LogP contribution is 2.31. The SMILES string of the molecule is CCc1cccc(CC)c1NC(=O)C(C)n1cnc2scc(-c3ccc(Br)cc3)c2c1=O. The van der Waals surface area contributed by atoms with Gasteiger partial charge in [-0.05, 0) is 48.6 Å². The van der Waals surface area contributed by atoms with Crippen molar-refractivity contribution in [3.63, 3.8) is 0 Å². The minimum atomic E-state index is -0.702. The molecule has 1 unspecified atom stereocenters. The van der Waals surface area contributed by atoms with Crippen molar-refractivity contribution in [3.05, 3.63) is 80.1 Å². The molecule has 4 aromatic rings. The minimum Gasteiger partial charge on any atom is -0.324 e. The number of hydrogen-bond acceptors (Lipinski definition) is 4. The first-order valence-electron chi connectivity index (χ1n) is 10.6. The van der Waals surface area contributed by atoms with E-state index in [1.807, 2.05) is 47.8 Å². The maximum absolute atomic E-state index is 13.4. The van der Waals surface area contributed by atoms with E-state index < -0.39 is 6.04 Å². The number of nitrogens with zero attached hydrogens (tertiary/aromatic N) is 2. The van der Waals surface area contributed by atoms with E-state index in [1.165, 1.54) is 22.2 Å². The molecule has 0 aliphatic heterocycles. The maximum Gasteiger partial charge on any atom is 0.263 e. The molecule has 0 bridgehead atoms. The molecule has 5 nitrogen and oxygen atoms in total. The first-order valence-corrected chi connectivity index (χ1v) is 12.3. The molecule has 4 rings (SSSR count). The lowest BCUT2D eigenvalue weighted by molar-refractivity contribution is -0.118. The average Bonchev–Trinajstić information content (AvgIpc) is 3.24. The fourth-order valence-electron chi connectivity index (χ4n) is 3.82. The summed E-state index contributed by atoms with van der Waals surface area (Å²) in [5.41, 5.74) is 4.58. The van der Waals surface area contributed by atoms with Gasteiger partial charge >= 0.3 is 0 Å². The summed E-state index contributed by atoms with van der Waals surface area (Å²) >= 11 is 4.88. The lowest BCUT2D eigenvalue weighted by Gasteiger charge is -2.19. The van der Waals surface area contributed by atoms with Gasteiger partial charge in [0.15, 0.2) is 0 Å². The highest BCUT2D eigenvalue weighted by Gasteiger charge is 2.21. The molecule has 0 saturated heterocycles. The number of fused-ring (bicyclic) bond motifs is 1. The van der Waals surface area contributed by atoms with Crippen molar-refractivity contribution >= 4 is 49.1 Å². The molecule has 2 aromatic carbocycles. The van der Waals surface area contributed by atoms with E-state index in [0.29, 0.717) is 10.2 Å². The van der Waals surface area contributed by atoms with Crippen molar-refractivity contribution in [1.29, 1.82) is 0 Å². The highest BCUT2D eigenvalue weighted by atomic mass is 79.9. The fourth-order valence-corrected chi connectivity index (χ4v) is 4.99. The van der Waals surface area contributed by atoms with E-state index in [0.717, 1.165) is 45.3 Å². The summed E-state index contributed by atoms with van der Waals surface area (Å²) in [6.07, 6.45) is 3.11. The number of aromatic nitrogens is 2. The Hall–Kier alpha value is -2.77. The van der Waals surface area contributed by atoms with Crippen LogP contribution in [-0.4, -0.2) is 15.5 Å². The number of rotatable bonds is 6. The molecule has 0 radical (unpaired) electrons. The summed E-state index contributed by atoms with van der Waals surface area (Å²) in [6.45, 7) is 5.86. The Morgan fingerprint density at radius 1 is 1.12 bits per heavy atom. The predicted molar refractivity (Wildman–Crippen MR) is 136 cm³/mol. The highest BCUT2D eigenvalue weighted by molar-refractivity contribution is 9.10. The number of halogens is 1. The summed E-state index contributed by atoms with van der Waals surface area (Å²) in [7, 11) is 0. The summed E-state index contributed by atoms with van der Waals surface area (Å²) in [4.78, 5) is 31.7. The zero-order valence-electron chi connectivity index (χ0n) is 18.2. The number of thiophene rings is 1. The molecule has 164 valence electrons. The number of benzene rings is 2. The lowest BCUT2D eigenvalue weighted by Crippen LogP contribution is -2.32. The van der Waals surface area contributed by atoms with Gasteiger partial charge in [0.25, 0.3) is 5.56 Å². The first kappa shape index (κ1) is 22.4. The Kier molecular flexibility index (Phi) is 6.58. The second-order valence-corrected chi connectivity index (χ2v) is 9.39. The molecule has 7 heteroatoms. The van der Waals surface area contributed by atoms with Crippen LogP contribution in [0.15, 0.2) is 63.4 Å². The molecule has 1 atom stereocenters. The van der Waals surface area contributed by atoms with Gasteiger partial charge in [0.05, 0.1) is 11.7 Å². The smallest absolute Gasteiger partial charge is 0.263 e. The number of hydrogen-bond donors (Lipinski definition) is 1. The van der Waals surface area contributed by atoms with E-state index in [2.05, 4.69) is 40.1 Å². The molecule has 0 spiro atoms. The third kappa shape index (κ3) is 4.14. The van der Waals surface area contributed by atoms with Crippen LogP contribution in [0.25, 0.3) is 21.3 Å². The lowest BCUT2D eigenvalue weighted by atomic mass is 10.0. The van der Waals surface area contributed by atoms with Crippen LogP contribution in [0.4, 0.5) is 5.69 Å². The molecule has 0 saturated carbocycles. The van der Waals surface area contributed by atoms with Crippen LogP contribution >= 0.6 is 27.3 Å². The Balaban J connectivity index is 1.72. The van der Waals surface area contributed by atoms with Gasteiger partial charge in [0.1, 0.15) is 10.9 Å².